The molecule has 26 heavy (non-hydrogen) atoms. The molecule has 1 N–H and O–H groups in total. The first-order valence-electron chi connectivity index (χ1n) is 8.99. The summed E-state index contributed by atoms with van der Waals surface area (Å²) >= 11 is 0. The third-order valence-corrected chi connectivity index (χ3v) is 4.71. The molecule has 0 bridgehead atoms. The zero-order valence-electron chi connectivity index (χ0n) is 14.6. The second-order valence-corrected chi connectivity index (χ2v) is 6.63. The van der Waals surface area contributed by atoms with Crippen LogP contribution in [0.2, 0.25) is 0 Å². The SMILES string of the molecule is O=C(Nc1ccc(N2CCCC2)cc1)c1cccc(Cn2ccnc2)c1. The lowest BCUT2D eigenvalue weighted by Crippen LogP contribution is -2.17. The molecule has 1 fully saturated rings. The maximum absolute atomic E-state index is 12.6. The van der Waals surface area contributed by atoms with Crippen LogP contribution in [0.15, 0.2) is 67.3 Å². The third-order valence-electron chi connectivity index (χ3n) is 4.71. The Hall–Kier alpha value is -3.08. The van der Waals surface area contributed by atoms with Crippen molar-refractivity contribution >= 4 is 17.3 Å². The van der Waals surface area contributed by atoms with Crippen LogP contribution in [0.5, 0.6) is 0 Å². The van der Waals surface area contributed by atoms with Gasteiger partial charge in [0.25, 0.3) is 5.91 Å². The van der Waals surface area contributed by atoms with Crippen molar-refractivity contribution in [2.75, 3.05) is 23.3 Å². The van der Waals surface area contributed by atoms with E-state index >= 15 is 0 Å². The van der Waals surface area contributed by atoms with Gasteiger partial charge in [0, 0.05) is 49.0 Å². The van der Waals surface area contributed by atoms with Gasteiger partial charge in [-0.15, -0.1) is 0 Å². The molecule has 5 heteroatoms. The summed E-state index contributed by atoms with van der Waals surface area (Å²) in [6, 6.07) is 15.8. The molecule has 1 saturated heterocycles. The fourth-order valence-corrected chi connectivity index (χ4v) is 3.34. The smallest absolute Gasteiger partial charge is 0.255 e. The van der Waals surface area contributed by atoms with E-state index in [1.165, 1.54) is 18.5 Å². The molecule has 0 radical (unpaired) electrons. The zero-order chi connectivity index (χ0) is 17.8. The van der Waals surface area contributed by atoms with Crippen molar-refractivity contribution in [2.45, 2.75) is 19.4 Å². The maximum Gasteiger partial charge on any atom is 0.255 e. The quantitative estimate of drug-likeness (QED) is 0.765. The minimum Gasteiger partial charge on any atom is -0.372 e. The van der Waals surface area contributed by atoms with Crippen LogP contribution in [0.3, 0.4) is 0 Å². The number of amides is 1. The van der Waals surface area contributed by atoms with E-state index in [2.05, 4.69) is 27.3 Å². The second kappa shape index (κ2) is 7.44. The van der Waals surface area contributed by atoms with Crippen LogP contribution in [0.1, 0.15) is 28.8 Å². The van der Waals surface area contributed by atoms with E-state index in [0.29, 0.717) is 12.1 Å². The molecule has 5 nitrogen and oxygen atoms in total. The van der Waals surface area contributed by atoms with Gasteiger partial charge in [-0.2, -0.15) is 0 Å². The molecule has 2 heterocycles. The number of rotatable bonds is 5. The summed E-state index contributed by atoms with van der Waals surface area (Å²) in [4.78, 5) is 19.0. The predicted molar refractivity (Wildman–Crippen MR) is 104 cm³/mol. The van der Waals surface area contributed by atoms with E-state index in [0.717, 1.165) is 24.3 Å². The lowest BCUT2D eigenvalue weighted by molar-refractivity contribution is 0.102. The van der Waals surface area contributed by atoms with Crippen molar-refractivity contribution in [3.8, 4) is 0 Å². The summed E-state index contributed by atoms with van der Waals surface area (Å²) < 4.78 is 1.98. The zero-order valence-corrected chi connectivity index (χ0v) is 14.6. The Bertz CT molecular complexity index is 865. The average Bonchev–Trinajstić information content (AvgIpc) is 3.36. The molecule has 0 atom stereocenters. The number of nitrogens with zero attached hydrogens (tertiary/aromatic N) is 3. The van der Waals surface area contributed by atoms with Crippen LogP contribution in [0.4, 0.5) is 11.4 Å². The van der Waals surface area contributed by atoms with Crippen molar-refractivity contribution < 1.29 is 4.79 Å². The van der Waals surface area contributed by atoms with Gasteiger partial charge in [-0.3, -0.25) is 4.79 Å². The Morgan fingerprint density at radius 2 is 1.88 bits per heavy atom. The van der Waals surface area contributed by atoms with Gasteiger partial charge >= 0.3 is 0 Å². The van der Waals surface area contributed by atoms with Crippen molar-refractivity contribution in [1.82, 2.24) is 9.55 Å². The van der Waals surface area contributed by atoms with Gasteiger partial charge < -0.3 is 14.8 Å². The summed E-state index contributed by atoms with van der Waals surface area (Å²) in [5, 5.41) is 2.99. The number of carbonyl (C=O) groups is 1. The Morgan fingerprint density at radius 1 is 1.08 bits per heavy atom. The Balaban J connectivity index is 1.42. The van der Waals surface area contributed by atoms with Gasteiger partial charge in [-0.25, -0.2) is 4.98 Å². The normalized spacial score (nSPS) is 13.8. The number of hydrogen-bond donors (Lipinski definition) is 1. The number of aromatic nitrogens is 2. The molecule has 0 saturated carbocycles. The summed E-state index contributed by atoms with van der Waals surface area (Å²) in [7, 11) is 0. The van der Waals surface area contributed by atoms with Gasteiger partial charge in [0.1, 0.15) is 0 Å². The largest absolute Gasteiger partial charge is 0.372 e. The highest BCUT2D eigenvalue weighted by Crippen LogP contribution is 2.22. The van der Waals surface area contributed by atoms with E-state index < -0.39 is 0 Å². The highest BCUT2D eigenvalue weighted by Gasteiger charge is 2.12. The maximum atomic E-state index is 12.6. The van der Waals surface area contributed by atoms with Crippen molar-refractivity contribution in [3.05, 3.63) is 78.4 Å². The van der Waals surface area contributed by atoms with E-state index in [9.17, 15) is 4.79 Å². The Kier molecular flexibility index (Phi) is 4.69. The topological polar surface area (TPSA) is 50.2 Å². The lowest BCUT2D eigenvalue weighted by atomic mass is 10.1. The van der Waals surface area contributed by atoms with Gasteiger partial charge in [0.05, 0.1) is 6.33 Å². The summed E-state index contributed by atoms with van der Waals surface area (Å²) in [6.45, 7) is 2.94. The molecule has 3 aromatic rings. The lowest BCUT2D eigenvalue weighted by Gasteiger charge is -2.17. The van der Waals surface area contributed by atoms with Gasteiger partial charge in [-0.1, -0.05) is 12.1 Å². The molecule has 1 aromatic heterocycles. The number of nitrogens with one attached hydrogen (secondary N) is 1. The summed E-state index contributed by atoms with van der Waals surface area (Å²) in [5.74, 6) is -0.0913. The average molecular weight is 346 g/mol. The van der Waals surface area contributed by atoms with Crippen LogP contribution in [-0.4, -0.2) is 28.5 Å². The second-order valence-electron chi connectivity index (χ2n) is 6.63. The number of benzene rings is 2. The van der Waals surface area contributed by atoms with Crippen molar-refractivity contribution in [2.24, 2.45) is 0 Å². The first kappa shape index (κ1) is 16.4. The minimum atomic E-state index is -0.0913. The van der Waals surface area contributed by atoms with Gasteiger partial charge in [0.2, 0.25) is 0 Å². The summed E-state index contributed by atoms with van der Waals surface area (Å²) in [5.41, 5.74) is 3.77. The van der Waals surface area contributed by atoms with E-state index in [4.69, 9.17) is 0 Å². The molecule has 1 aliphatic heterocycles. The minimum absolute atomic E-state index is 0.0913. The number of imidazole rings is 1. The first-order chi connectivity index (χ1) is 12.8. The molecule has 0 aliphatic carbocycles. The van der Waals surface area contributed by atoms with Crippen molar-refractivity contribution in [3.63, 3.8) is 0 Å². The molecule has 132 valence electrons. The summed E-state index contributed by atoms with van der Waals surface area (Å²) in [6.07, 6.45) is 7.95. The van der Waals surface area contributed by atoms with Crippen LogP contribution >= 0.6 is 0 Å². The first-order valence-corrected chi connectivity index (χ1v) is 8.99. The van der Waals surface area contributed by atoms with Crippen LogP contribution in [-0.2, 0) is 6.54 Å². The number of carbonyl (C=O) groups excluding carboxylic acids is 1. The monoisotopic (exact) mass is 346 g/mol. The predicted octanol–water partition coefficient (Wildman–Crippen LogP) is 3.78. The molecular formula is C21H22N4O. The Morgan fingerprint density at radius 3 is 2.62 bits per heavy atom. The van der Waals surface area contributed by atoms with Crippen LogP contribution in [0, 0.1) is 0 Å². The van der Waals surface area contributed by atoms with E-state index in [1.807, 2.05) is 47.2 Å². The molecule has 0 spiro atoms. The highest BCUT2D eigenvalue weighted by atomic mass is 16.1. The third kappa shape index (κ3) is 3.77. The van der Waals surface area contributed by atoms with Gasteiger partial charge in [-0.05, 0) is 54.8 Å². The fraction of sp³-hybridized carbons (Fsp3) is 0.238. The van der Waals surface area contributed by atoms with Gasteiger partial charge in [0.15, 0.2) is 0 Å². The van der Waals surface area contributed by atoms with E-state index in [-0.39, 0.29) is 5.91 Å². The molecule has 1 amide bonds. The standard InChI is InChI=1S/C21H22N4O/c26-21(18-5-3-4-17(14-18)15-24-13-10-22-16-24)23-19-6-8-20(9-7-19)25-11-1-2-12-25/h3-10,13-14,16H,1-2,11-12,15H2,(H,23,26). The number of anilines is 2. The fourth-order valence-electron chi connectivity index (χ4n) is 3.34. The van der Waals surface area contributed by atoms with Crippen molar-refractivity contribution in [1.29, 1.82) is 0 Å². The molecule has 0 unspecified atom stereocenters. The van der Waals surface area contributed by atoms with E-state index in [1.54, 1.807) is 12.5 Å². The van der Waals surface area contributed by atoms with Crippen LogP contribution < -0.4 is 10.2 Å². The molecule has 1 aliphatic rings. The molecule has 2 aromatic carbocycles. The molecule has 4 rings (SSSR count). The highest BCUT2D eigenvalue weighted by molar-refractivity contribution is 6.04. The Labute approximate surface area is 153 Å². The van der Waals surface area contributed by atoms with Crippen LogP contribution in [0.25, 0.3) is 0 Å². The number of hydrogen-bond acceptors (Lipinski definition) is 3. The molecular weight excluding hydrogens is 324 g/mol.